The Labute approximate surface area is 199 Å². The van der Waals surface area contributed by atoms with Gasteiger partial charge in [-0.05, 0) is 68.0 Å². The molecular formula is C27H29N3O2S. The standard InChI is InChI=1S/C27H29N3O2S/c1-19-8-5-10-22(16-19)26(31)29-24(18-23-11-6-15-33-23)27(32)28-13-7-14-30-20(2)17-21-9-3-4-12-25(21)30/h3-6,8-12,15-16,18,20H,7,13-14,17H2,1-2H3,(H,28,32)(H,29,31)/b24-18-/t20-/m0/s1. The van der Waals surface area contributed by atoms with Gasteiger partial charge >= 0.3 is 0 Å². The Hall–Kier alpha value is -3.38. The van der Waals surface area contributed by atoms with Crippen molar-refractivity contribution in [1.82, 2.24) is 10.6 Å². The molecule has 0 saturated carbocycles. The van der Waals surface area contributed by atoms with E-state index in [-0.39, 0.29) is 17.5 Å². The monoisotopic (exact) mass is 459 g/mol. The number of thiophene rings is 1. The van der Waals surface area contributed by atoms with Gasteiger partial charge in [0.25, 0.3) is 11.8 Å². The number of nitrogens with one attached hydrogen (secondary N) is 2. The molecule has 0 unspecified atom stereocenters. The maximum atomic E-state index is 13.0. The van der Waals surface area contributed by atoms with Crippen LogP contribution in [0.1, 0.15) is 39.7 Å². The van der Waals surface area contributed by atoms with Crippen LogP contribution >= 0.6 is 11.3 Å². The van der Waals surface area contributed by atoms with Crippen molar-refractivity contribution in [3.63, 3.8) is 0 Å². The third kappa shape index (κ3) is 5.71. The van der Waals surface area contributed by atoms with E-state index in [1.165, 1.54) is 22.6 Å². The number of para-hydroxylation sites is 1. The molecule has 5 nitrogen and oxygen atoms in total. The Morgan fingerprint density at radius 2 is 1.97 bits per heavy atom. The number of fused-ring (bicyclic) bond motifs is 1. The molecule has 0 saturated heterocycles. The van der Waals surface area contributed by atoms with E-state index in [0.717, 1.165) is 29.8 Å². The zero-order valence-corrected chi connectivity index (χ0v) is 19.8. The van der Waals surface area contributed by atoms with Crippen molar-refractivity contribution < 1.29 is 9.59 Å². The summed E-state index contributed by atoms with van der Waals surface area (Å²) in [5.74, 6) is -0.571. The number of nitrogens with zero attached hydrogens (tertiary/aromatic N) is 1. The van der Waals surface area contributed by atoms with Crippen LogP contribution in [-0.2, 0) is 11.2 Å². The van der Waals surface area contributed by atoms with E-state index in [0.29, 0.717) is 18.2 Å². The summed E-state index contributed by atoms with van der Waals surface area (Å²) in [4.78, 5) is 29.0. The van der Waals surface area contributed by atoms with Crippen LogP contribution in [-0.4, -0.2) is 30.9 Å². The minimum atomic E-state index is -0.292. The molecule has 2 heterocycles. The Balaban J connectivity index is 1.37. The van der Waals surface area contributed by atoms with Crippen molar-refractivity contribution in [1.29, 1.82) is 0 Å². The highest BCUT2D eigenvalue weighted by Gasteiger charge is 2.24. The molecule has 3 aromatic rings. The Morgan fingerprint density at radius 1 is 1.12 bits per heavy atom. The van der Waals surface area contributed by atoms with Gasteiger partial charge in [0.2, 0.25) is 0 Å². The summed E-state index contributed by atoms with van der Waals surface area (Å²) in [7, 11) is 0. The second-order valence-electron chi connectivity index (χ2n) is 8.38. The lowest BCUT2D eigenvalue weighted by atomic mass is 10.1. The average molecular weight is 460 g/mol. The van der Waals surface area contributed by atoms with Gasteiger partial charge in [-0.15, -0.1) is 11.3 Å². The van der Waals surface area contributed by atoms with E-state index in [4.69, 9.17) is 0 Å². The zero-order chi connectivity index (χ0) is 23.2. The smallest absolute Gasteiger partial charge is 0.267 e. The fraction of sp³-hybridized carbons (Fsp3) is 0.259. The zero-order valence-electron chi connectivity index (χ0n) is 19.0. The maximum absolute atomic E-state index is 13.0. The Bertz CT molecular complexity index is 1150. The van der Waals surface area contributed by atoms with Gasteiger partial charge in [-0.25, -0.2) is 0 Å². The number of anilines is 1. The van der Waals surface area contributed by atoms with E-state index in [1.807, 2.05) is 42.6 Å². The first-order chi connectivity index (χ1) is 16.0. The molecule has 170 valence electrons. The van der Waals surface area contributed by atoms with Crippen LogP contribution in [0, 0.1) is 6.92 Å². The van der Waals surface area contributed by atoms with Crippen LogP contribution < -0.4 is 15.5 Å². The van der Waals surface area contributed by atoms with E-state index >= 15 is 0 Å². The molecule has 2 aromatic carbocycles. The molecule has 0 radical (unpaired) electrons. The first kappa shape index (κ1) is 22.8. The molecule has 0 aliphatic carbocycles. The van der Waals surface area contributed by atoms with Crippen molar-refractivity contribution in [2.24, 2.45) is 0 Å². The quantitative estimate of drug-likeness (QED) is 0.376. The second-order valence-corrected chi connectivity index (χ2v) is 9.36. The number of benzene rings is 2. The van der Waals surface area contributed by atoms with E-state index in [1.54, 1.807) is 12.1 Å². The predicted molar refractivity (Wildman–Crippen MR) is 136 cm³/mol. The van der Waals surface area contributed by atoms with Crippen molar-refractivity contribution in [2.75, 3.05) is 18.0 Å². The average Bonchev–Trinajstić information content (AvgIpc) is 3.43. The summed E-state index contributed by atoms with van der Waals surface area (Å²) < 4.78 is 0. The van der Waals surface area contributed by atoms with E-state index in [9.17, 15) is 9.59 Å². The minimum Gasteiger partial charge on any atom is -0.368 e. The van der Waals surface area contributed by atoms with E-state index in [2.05, 4.69) is 46.7 Å². The molecule has 1 atom stereocenters. The molecule has 1 aliphatic rings. The van der Waals surface area contributed by atoms with Crippen LogP contribution in [0.2, 0.25) is 0 Å². The molecule has 0 bridgehead atoms. The van der Waals surface area contributed by atoms with Gasteiger partial charge in [0, 0.05) is 35.3 Å². The number of carbonyl (C=O) groups excluding carboxylic acids is 2. The molecule has 6 heteroatoms. The fourth-order valence-corrected chi connectivity index (χ4v) is 4.83. The third-order valence-corrected chi connectivity index (χ3v) is 6.63. The summed E-state index contributed by atoms with van der Waals surface area (Å²) in [6, 6.07) is 20.1. The molecule has 2 N–H and O–H groups in total. The van der Waals surface area contributed by atoms with Crippen molar-refractivity contribution in [2.45, 2.75) is 32.7 Å². The minimum absolute atomic E-state index is 0.254. The summed E-state index contributed by atoms with van der Waals surface area (Å²) in [6.07, 6.45) is 3.61. The largest absolute Gasteiger partial charge is 0.368 e. The lowest BCUT2D eigenvalue weighted by Crippen LogP contribution is -2.37. The summed E-state index contributed by atoms with van der Waals surface area (Å²) in [5.41, 5.74) is 4.45. The van der Waals surface area contributed by atoms with Crippen LogP contribution in [0.5, 0.6) is 0 Å². The highest BCUT2D eigenvalue weighted by Crippen LogP contribution is 2.31. The van der Waals surface area contributed by atoms with Crippen LogP contribution in [0.25, 0.3) is 6.08 Å². The van der Waals surface area contributed by atoms with Gasteiger partial charge in [-0.1, -0.05) is 42.0 Å². The maximum Gasteiger partial charge on any atom is 0.267 e. The molecule has 1 aliphatic heterocycles. The molecule has 33 heavy (non-hydrogen) atoms. The molecule has 0 spiro atoms. The molecule has 4 rings (SSSR count). The van der Waals surface area contributed by atoms with Gasteiger partial charge in [0.15, 0.2) is 0 Å². The first-order valence-corrected chi connectivity index (χ1v) is 12.1. The highest BCUT2D eigenvalue weighted by atomic mass is 32.1. The number of aryl methyl sites for hydroxylation is 1. The second kappa shape index (κ2) is 10.5. The number of rotatable bonds is 8. The lowest BCUT2D eigenvalue weighted by Gasteiger charge is -2.25. The summed E-state index contributed by atoms with van der Waals surface area (Å²) >= 11 is 1.52. The fourth-order valence-electron chi connectivity index (χ4n) is 4.17. The van der Waals surface area contributed by atoms with Crippen LogP contribution in [0.15, 0.2) is 71.7 Å². The number of hydrogen-bond acceptors (Lipinski definition) is 4. The molecule has 2 amide bonds. The van der Waals surface area contributed by atoms with Crippen molar-refractivity contribution in [3.05, 3.63) is 93.3 Å². The Morgan fingerprint density at radius 3 is 2.76 bits per heavy atom. The number of amides is 2. The SMILES string of the molecule is Cc1cccc(C(=O)N/C(=C\c2cccs2)C(=O)NCCCN2c3ccccc3C[C@@H]2C)c1. The van der Waals surface area contributed by atoms with Gasteiger partial charge in [0.1, 0.15) is 5.70 Å². The Kier molecular flexibility index (Phi) is 7.25. The normalized spacial score (nSPS) is 15.3. The van der Waals surface area contributed by atoms with E-state index < -0.39 is 0 Å². The van der Waals surface area contributed by atoms with Gasteiger partial charge in [-0.2, -0.15) is 0 Å². The van der Waals surface area contributed by atoms with Crippen molar-refractivity contribution >= 4 is 34.9 Å². The highest BCUT2D eigenvalue weighted by molar-refractivity contribution is 7.10. The number of hydrogen-bond donors (Lipinski definition) is 2. The summed E-state index contributed by atoms with van der Waals surface area (Å²) in [5, 5.41) is 7.73. The van der Waals surface area contributed by atoms with Gasteiger partial charge in [0.05, 0.1) is 0 Å². The molecule has 0 fully saturated rings. The van der Waals surface area contributed by atoms with Crippen LogP contribution in [0.3, 0.4) is 0 Å². The molecular weight excluding hydrogens is 430 g/mol. The lowest BCUT2D eigenvalue weighted by molar-refractivity contribution is -0.117. The first-order valence-electron chi connectivity index (χ1n) is 11.3. The third-order valence-electron chi connectivity index (χ3n) is 5.81. The van der Waals surface area contributed by atoms with Crippen molar-refractivity contribution in [3.8, 4) is 0 Å². The van der Waals surface area contributed by atoms with Crippen LogP contribution in [0.4, 0.5) is 5.69 Å². The molecule has 1 aromatic heterocycles. The topological polar surface area (TPSA) is 61.4 Å². The number of carbonyl (C=O) groups is 2. The van der Waals surface area contributed by atoms with Gasteiger partial charge < -0.3 is 15.5 Å². The predicted octanol–water partition coefficient (Wildman–Crippen LogP) is 4.78. The summed E-state index contributed by atoms with van der Waals surface area (Å²) in [6.45, 7) is 5.58. The van der Waals surface area contributed by atoms with Gasteiger partial charge in [-0.3, -0.25) is 9.59 Å².